The van der Waals surface area contributed by atoms with E-state index in [1.165, 1.54) is 12.0 Å². The molecular weight excluding hydrogens is 566 g/mol. The number of hydrogen-bond acceptors (Lipinski definition) is 8. The summed E-state index contributed by atoms with van der Waals surface area (Å²) in [4.78, 5) is 58.9. The van der Waals surface area contributed by atoms with Crippen LogP contribution < -0.4 is 5.32 Å². The van der Waals surface area contributed by atoms with Gasteiger partial charge in [0, 0.05) is 39.8 Å². The fourth-order valence-electron chi connectivity index (χ4n) is 6.94. The van der Waals surface area contributed by atoms with Crippen molar-refractivity contribution in [1.29, 1.82) is 0 Å². The number of aliphatic hydroxyl groups is 1. The molecule has 5 bridgehead atoms. The molecule has 1 aromatic carbocycles. The van der Waals surface area contributed by atoms with Gasteiger partial charge in [0.25, 0.3) is 0 Å². The van der Waals surface area contributed by atoms with Gasteiger partial charge in [-0.1, -0.05) is 68.0 Å². The number of hydrogen-bond donors (Lipinski definition) is 2. The maximum absolute atomic E-state index is 14.4. The first-order chi connectivity index (χ1) is 21.4. The van der Waals surface area contributed by atoms with Crippen molar-refractivity contribution < 1.29 is 38.5 Å². The fraction of sp³-hybridized carbons (Fsp3) is 0.576. The molecule has 238 valence electrons. The second-order valence-electron chi connectivity index (χ2n) is 11.9. The number of carbonyl (C=O) groups is 4. The fourth-order valence-corrected chi connectivity index (χ4v) is 6.94. The minimum atomic E-state index is -1.33. The number of carbonyl (C=O) groups excluding carboxylic acids is 4. The molecule has 3 amide bonds. The smallest absolute Gasteiger partial charge is 0.313 e. The first-order valence-corrected chi connectivity index (χ1v) is 15.6. The molecule has 0 saturated carbocycles. The molecule has 2 saturated heterocycles. The lowest BCUT2D eigenvalue weighted by Gasteiger charge is -2.36. The molecule has 0 aliphatic carbocycles. The number of allylic oxidation sites excluding steroid dienone is 1. The Morgan fingerprint density at radius 2 is 1.86 bits per heavy atom. The van der Waals surface area contributed by atoms with E-state index in [1.807, 2.05) is 49.4 Å². The van der Waals surface area contributed by atoms with Crippen LogP contribution in [0.4, 0.5) is 0 Å². The standard InChI is InChI=1S/C33H43N3O8/c1-3-4-17-35-18-10-6-9-14-25(38)34-23(21-42-2)28(22-12-7-5-8-13-22)43-32(41)26-24-15-16-33(44-24)27(26)30(39)36(19-11-20-37)29(33)31(35)40/h5-8,10,12-13,15-16,23-24,26-29,37H,3-4,9,11,14,17-21H2,1-2H3,(H,34,38)/b10-6-/t23-,24+,26-,27-,28-,29+,33-/m0/s1. The molecule has 11 heteroatoms. The summed E-state index contributed by atoms with van der Waals surface area (Å²) < 4.78 is 18.1. The Morgan fingerprint density at radius 1 is 1.07 bits per heavy atom. The van der Waals surface area contributed by atoms with Gasteiger partial charge < -0.3 is 34.4 Å². The average Bonchev–Trinajstić information content (AvgIpc) is 3.66. The van der Waals surface area contributed by atoms with E-state index in [9.17, 15) is 24.3 Å². The monoisotopic (exact) mass is 609 g/mol. The number of rotatable bonds is 9. The largest absolute Gasteiger partial charge is 0.455 e. The Morgan fingerprint density at radius 3 is 2.59 bits per heavy atom. The van der Waals surface area contributed by atoms with Gasteiger partial charge in [0.15, 0.2) is 0 Å². The number of nitrogens with one attached hydrogen (secondary N) is 1. The van der Waals surface area contributed by atoms with Crippen molar-refractivity contribution in [2.75, 3.05) is 40.0 Å². The number of benzene rings is 1. The van der Waals surface area contributed by atoms with Gasteiger partial charge >= 0.3 is 5.97 Å². The van der Waals surface area contributed by atoms with Crippen LogP contribution in [-0.4, -0.2) is 102 Å². The van der Waals surface area contributed by atoms with Crippen LogP contribution in [0.2, 0.25) is 0 Å². The van der Waals surface area contributed by atoms with Crippen molar-refractivity contribution >= 4 is 23.7 Å². The van der Waals surface area contributed by atoms with E-state index < -0.39 is 47.7 Å². The molecule has 0 radical (unpaired) electrons. The molecule has 11 nitrogen and oxygen atoms in total. The summed E-state index contributed by atoms with van der Waals surface area (Å²) in [5.41, 5.74) is -0.667. The van der Waals surface area contributed by atoms with E-state index >= 15 is 0 Å². The molecule has 2 fully saturated rings. The third kappa shape index (κ3) is 6.05. The van der Waals surface area contributed by atoms with Gasteiger partial charge in [0.05, 0.1) is 24.7 Å². The summed E-state index contributed by atoms with van der Waals surface area (Å²) >= 11 is 0. The van der Waals surface area contributed by atoms with E-state index in [1.54, 1.807) is 17.1 Å². The SMILES string of the molecule is CCCCN1C/C=C\CCC(=O)N[C@@H](COC)[C@H](c2ccccc2)OC(=O)[C@@H]2[C@H]3C(=O)N(CCCO)[C@H](C1=O)[C@]31C=C[C@H]2O1. The second kappa shape index (κ2) is 14.0. The number of likely N-dealkylation sites (tertiary alicyclic amines) is 1. The van der Waals surface area contributed by atoms with Crippen molar-refractivity contribution in [2.45, 2.75) is 68.9 Å². The minimum absolute atomic E-state index is 0.0864. The van der Waals surface area contributed by atoms with Crippen LogP contribution in [-0.2, 0) is 33.4 Å². The lowest BCUT2D eigenvalue weighted by molar-refractivity contribution is -0.162. The zero-order valence-corrected chi connectivity index (χ0v) is 25.4. The number of aliphatic hydroxyl groups excluding tert-OH is 1. The number of nitrogens with zero attached hydrogens (tertiary/aromatic N) is 2. The van der Waals surface area contributed by atoms with E-state index in [0.29, 0.717) is 25.1 Å². The van der Waals surface area contributed by atoms with Gasteiger partial charge in [0.2, 0.25) is 17.7 Å². The van der Waals surface area contributed by atoms with Gasteiger partial charge in [-0.15, -0.1) is 0 Å². The molecule has 2 N–H and O–H groups in total. The van der Waals surface area contributed by atoms with E-state index in [4.69, 9.17) is 14.2 Å². The molecule has 5 rings (SSSR count). The van der Waals surface area contributed by atoms with Crippen LogP contribution in [0.1, 0.15) is 50.7 Å². The molecular formula is C33H43N3O8. The minimum Gasteiger partial charge on any atom is -0.455 e. The highest BCUT2D eigenvalue weighted by Crippen LogP contribution is 2.56. The number of fused-ring (bicyclic) bond motifs is 2. The van der Waals surface area contributed by atoms with Crippen LogP contribution in [0.25, 0.3) is 0 Å². The Balaban J connectivity index is 1.57. The Bertz CT molecular complexity index is 1270. The zero-order chi connectivity index (χ0) is 31.3. The van der Waals surface area contributed by atoms with Gasteiger partial charge in [-0.3, -0.25) is 19.2 Å². The highest BCUT2D eigenvalue weighted by Gasteiger charge is 2.73. The van der Waals surface area contributed by atoms with E-state index in [0.717, 1.165) is 12.8 Å². The second-order valence-corrected chi connectivity index (χ2v) is 11.9. The molecule has 4 aliphatic rings. The first kappa shape index (κ1) is 31.9. The number of amides is 3. The van der Waals surface area contributed by atoms with Crippen LogP contribution >= 0.6 is 0 Å². The number of unbranched alkanes of at least 4 members (excludes halogenated alkanes) is 1. The van der Waals surface area contributed by atoms with Gasteiger partial charge in [-0.05, 0) is 24.8 Å². The Hall–Kier alpha value is -3.54. The summed E-state index contributed by atoms with van der Waals surface area (Å²) in [6.45, 7) is 2.92. The van der Waals surface area contributed by atoms with Crippen LogP contribution in [0.15, 0.2) is 54.6 Å². The van der Waals surface area contributed by atoms with Crippen molar-refractivity contribution in [3.63, 3.8) is 0 Å². The van der Waals surface area contributed by atoms with Gasteiger partial charge in [-0.2, -0.15) is 0 Å². The Labute approximate surface area is 258 Å². The van der Waals surface area contributed by atoms with Crippen LogP contribution in [0.3, 0.4) is 0 Å². The molecule has 4 heterocycles. The van der Waals surface area contributed by atoms with Gasteiger partial charge in [-0.25, -0.2) is 0 Å². The summed E-state index contributed by atoms with van der Waals surface area (Å²) in [6.07, 6.45) is 8.20. The predicted molar refractivity (Wildman–Crippen MR) is 160 cm³/mol. The normalized spacial score (nSPS) is 33.0. The Kier molecular flexibility index (Phi) is 10.2. The molecule has 7 atom stereocenters. The van der Waals surface area contributed by atoms with Crippen LogP contribution in [0, 0.1) is 11.8 Å². The van der Waals surface area contributed by atoms with Crippen LogP contribution in [0.5, 0.6) is 0 Å². The predicted octanol–water partition coefficient (Wildman–Crippen LogP) is 1.91. The van der Waals surface area contributed by atoms with E-state index in [-0.39, 0.29) is 50.3 Å². The maximum atomic E-state index is 14.4. The molecule has 0 aromatic heterocycles. The average molecular weight is 610 g/mol. The van der Waals surface area contributed by atoms with E-state index in [2.05, 4.69) is 5.32 Å². The lowest BCUT2D eigenvalue weighted by atomic mass is 9.74. The summed E-state index contributed by atoms with van der Waals surface area (Å²) in [6, 6.07) is 7.43. The first-order valence-electron chi connectivity index (χ1n) is 15.6. The van der Waals surface area contributed by atoms with Crippen molar-refractivity contribution in [1.82, 2.24) is 15.1 Å². The number of methoxy groups -OCH3 is 1. The highest BCUT2D eigenvalue weighted by atomic mass is 16.6. The molecule has 1 spiro atoms. The molecule has 4 aliphatic heterocycles. The quantitative estimate of drug-likeness (QED) is 0.320. The van der Waals surface area contributed by atoms with Crippen molar-refractivity contribution in [2.24, 2.45) is 11.8 Å². The van der Waals surface area contributed by atoms with Crippen molar-refractivity contribution in [3.8, 4) is 0 Å². The maximum Gasteiger partial charge on any atom is 0.313 e. The summed E-state index contributed by atoms with van der Waals surface area (Å²) in [5.74, 6) is -3.46. The third-order valence-electron chi connectivity index (χ3n) is 8.99. The lowest BCUT2D eigenvalue weighted by Crippen LogP contribution is -2.56. The van der Waals surface area contributed by atoms with Gasteiger partial charge in [0.1, 0.15) is 23.7 Å². The molecule has 1 aromatic rings. The molecule has 0 unspecified atom stereocenters. The third-order valence-corrected chi connectivity index (χ3v) is 8.99. The number of ether oxygens (including phenoxy) is 3. The van der Waals surface area contributed by atoms with Crippen molar-refractivity contribution in [3.05, 3.63) is 60.2 Å². The molecule has 44 heavy (non-hydrogen) atoms. The zero-order valence-electron chi connectivity index (χ0n) is 25.4. The summed E-state index contributed by atoms with van der Waals surface area (Å²) in [5, 5.41) is 12.6. The topological polar surface area (TPSA) is 135 Å². The number of esters is 1. The summed E-state index contributed by atoms with van der Waals surface area (Å²) in [7, 11) is 1.51. The highest BCUT2D eigenvalue weighted by molar-refractivity contribution is 5.99. The number of cyclic esters (lactones) is 1.